The fraction of sp³-hybridized carbons (Fsp3) is 0.941. The number of carbonyl (C=O) groups is 1. The van der Waals surface area contributed by atoms with Gasteiger partial charge in [-0.1, -0.05) is 72.1 Å². The van der Waals surface area contributed by atoms with Gasteiger partial charge in [0.25, 0.3) is 0 Å². The number of carboxylic acid groups (broad SMARTS) is 1. The Morgan fingerprint density at radius 2 is 1.55 bits per heavy atom. The molecule has 0 spiro atoms. The molecule has 0 amide bonds. The minimum atomic E-state index is -0.711. The Labute approximate surface area is 125 Å². The van der Waals surface area contributed by atoms with E-state index in [9.17, 15) is 9.90 Å². The average molecular weight is 285 g/mol. The maximum absolute atomic E-state index is 11.5. The van der Waals surface area contributed by atoms with E-state index in [0.717, 1.165) is 19.3 Å². The van der Waals surface area contributed by atoms with Crippen molar-refractivity contribution in [2.45, 2.75) is 85.0 Å². The van der Waals surface area contributed by atoms with Gasteiger partial charge >= 0.3 is 5.97 Å². The second-order valence-corrected chi connectivity index (χ2v) is 6.61. The SMILES string of the molecule is CCCCCCCCCCC(CN)(CC(C)C)C(=O)O. The lowest BCUT2D eigenvalue weighted by Gasteiger charge is -2.29. The Hall–Kier alpha value is -0.570. The molecule has 3 nitrogen and oxygen atoms in total. The van der Waals surface area contributed by atoms with Crippen LogP contribution in [0.2, 0.25) is 0 Å². The summed E-state index contributed by atoms with van der Waals surface area (Å²) < 4.78 is 0. The monoisotopic (exact) mass is 285 g/mol. The second-order valence-electron chi connectivity index (χ2n) is 6.61. The Balaban J connectivity index is 3.94. The van der Waals surface area contributed by atoms with Crippen LogP contribution >= 0.6 is 0 Å². The molecule has 20 heavy (non-hydrogen) atoms. The summed E-state index contributed by atoms with van der Waals surface area (Å²) in [5.74, 6) is -0.333. The standard InChI is InChI=1S/C17H35NO2/c1-4-5-6-7-8-9-10-11-12-17(14-18,16(19)20)13-15(2)3/h15H,4-14,18H2,1-3H3,(H,19,20). The van der Waals surface area contributed by atoms with Gasteiger partial charge in [0.05, 0.1) is 5.41 Å². The fourth-order valence-electron chi connectivity index (χ4n) is 2.95. The maximum atomic E-state index is 11.5. The number of unbranched alkanes of at least 4 members (excludes halogenated alkanes) is 7. The zero-order valence-electron chi connectivity index (χ0n) is 13.8. The fourth-order valence-corrected chi connectivity index (χ4v) is 2.95. The van der Waals surface area contributed by atoms with Crippen molar-refractivity contribution in [3.05, 3.63) is 0 Å². The molecule has 0 aliphatic heterocycles. The van der Waals surface area contributed by atoms with Gasteiger partial charge in [0.2, 0.25) is 0 Å². The van der Waals surface area contributed by atoms with Crippen molar-refractivity contribution in [1.29, 1.82) is 0 Å². The predicted molar refractivity (Wildman–Crippen MR) is 85.8 cm³/mol. The number of hydrogen-bond acceptors (Lipinski definition) is 2. The summed E-state index contributed by atoms with van der Waals surface area (Å²) in [5.41, 5.74) is 5.07. The van der Waals surface area contributed by atoms with Crippen LogP contribution in [0.5, 0.6) is 0 Å². The molecule has 0 fully saturated rings. The minimum Gasteiger partial charge on any atom is -0.481 e. The quantitative estimate of drug-likeness (QED) is 0.486. The largest absolute Gasteiger partial charge is 0.481 e. The third-order valence-corrected chi connectivity index (χ3v) is 4.15. The molecule has 0 saturated carbocycles. The van der Waals surface area contributed by atoms with Gasteiger partial charge in [-0.05, 0) is 18.8 Å². The highest BCUT2D eigenvalue weighted by atomic mass is 16.4. The van der Waals surface area contributed by atoms with Crippen molar-refractivity contribution in [2.75, 3.05) is 6.54 Å². The molecule has 0 aromatic carbocycles. The number of hydrogen-bond donors (Lipinski definition) is 2. The van der Waals surface area contributed by atoms with Crippen molar-refractivity contribution < 1.29 is 9.90 Å². The van der Waals surface area contributed by atoms with Crippen molar-refractivity contribution in [3.8, 4) is 0 Å². The first kappa shape index (κ1) is 19.4. The van der Waals surface area contributed by atoms with Gasteiger partial charge in [-0.25, -0.2) is 0 Å². The van der Waals surface area contributed by atoms with Crippen molar-refractivity contribution in [1.82, 2.24) is 0 Å². The highest BCUT2D eigenvalue weighted by Crippen LogP contribution is 2.32. The van der Waals surface area contributed by atoms with Crippen LogP contribution < -0.4 is 5.73 Å². The van der Waals surface area contributed by atoms with Crippen molar-refractivity contribution in [2.24, 2.45) is 17.1 Å². The van der Waals surface area contributed by atoms with E-state index in [0.29, 0.717) is 12.3 Å². The molecule has 1 unspecified atom stereocenters. The number of rotatable bonds is 13. The molecule has 0 rings (SSSR count). The van der Waals surface area contributed by atoms with E-state index in [4.69, 9.17) is 5.73 Å². The molecule has 3 N–H and O–H groups in total. The lowest BCUT2D eigenvalue weighted by molar-refractivity contribution is -0.150. The molecule has 3 heteroatoms. The highest BCUT2D eigenvalue weighted by Gasteiger charge is 2.36. The van der Waals surface area contributed by atoms with Gasteiger partial charge < -0.3 is 10.8 Å². The van der Waals surface area contributed by atoms with Crippen LogP contribution in [0.25, 0.3) is 0 Å². The number of nitrogens with two attached hydrogens (primary N) is 1. The summed E-state index contributed by atoms with van der Waals surface area (Å²) in [4.78, 5) is 11.5. The van der Waals surface area contributed by atoms with Gasteiger partial charge in [-0.2, -0.15) is 0 Å². The van der Waals surface area contributed by atoms with Crippen LogP contribution in [-0.4, -0.2) is 17.6 Å². The van der Waals surface area contributed by atoms with E-state index in [1.54, 1.807) is 0 Å². The molecule has 120 valence electrons. The Morgan fingerprint density at radius 3 is 1.95 bits per heavy atom. The maximum Gasteiger partial charge on any atom is 0.310 e. The first-order valence-corrected chi connectivity index (χ1v) is 8.42. The molecule has 0 bridgehead atoms. The van der Waals surface area contributed by atoms with E-state index in [2.05, 4.69) is 20.8 Å². The number of carboxylic acids is 1. The summed E-state index contributed by atoms with van der Waals surface area (Å²) in [6, 6.07) is 0. The summed E-state index contributed by atoms with van der Waals surface area (Å²) in [6.07, 6.45) is 11.3. The van der Waals surface area contributed by atoms with Gasteiger partial charge in [-0.3, -0.25) is 4.79 Å². The Bertz CT molecular complexity index is 253. The molecule has 1 atom stereocenters. The second kappa shape index (κ2) is 11.1. The van der Waals surface area contributed by atoms with Crippen LogP contribution in [-0.2, 0) is 4.79 Å². The zero-order valence-corrected chi connectivity index (χ0v) is 13.8. The van der Waals surface area contributed by atoms with Gasteiger partial charge in [-0.15, -0.1) is 0 Å². The molecule has 0 aromatic heterocycles. The predicted octanol–water partition coefficient (Wildman–Crippen LogP) is 4.59. The third-order valence-electron chi connectivity index (χ3n) is 4.15. The molecule has 0 aromatic rings. The molecule has 0 radical (unpaired) electrons. The summed E-state index contributed by atoms with van der Waals surface area (Å²) >= 11 is 0. The molecule has 0 aliphatic carbocycles. The Morgan fingerprint density at radius 1 is 1.05 bits per heavy atom. The highest BCUT2D eigenvalue weighted by molar-refractivity contribution is 5.74. The first-order chi connectivity index (χ1) is 9.48. The normalized spacial score (nSPS) is 14.4. The van der Waals surface area contributed by atoms with Gasteiger partial charge in [0, 0.05) is 6.54 Å². The van der Waals surface area contributed by atoms with E-state index >= 15 is 0 Å². The van der Waals surface area contributed by atoms with Gasteiger partial charge in [0.15, 0.2) is 0 Å². The molecular formula is C17H35NO2. The summed E-state index contributed by atoms with van der Waals surface area (Å²) in [6.45, 7) is 6.63. The van der Waals surface area contributed by atoms with Gasteiger partial charge in [0.1, 0.15) is 0 Å². The van der Waals surface area contributed by atoms with E-state index < -0.39 is 11.4 Å². The topological polar surface area (TPSA) is 63.3 Å². The van der Waals surface area contributed by atoms with E-state index in [-0.39, 0.29) is 6.54 Å². The number of aliphatic carboxylic acids is 1. The lowest BCUT2D eigenvalue weighted by Crippen LogP contribution is -2.39. The summed E-state index contributed by atoms with van der Waals surface area (Å²) in [5, 5.41) is 9.49. The summed E-state index contributed by atoms with van der Waals surface area (Å²) in [7, 11) is 0. The van der Waals surface area contributed by atoms with Crippen LogP contribution in [0, 0.1) is 11.3 Å². The first-order valence-electron chi connectivity index (χ1n) is 8.42. The Kier molecular flexibility index (Phi) is 10.8. The zero-order chi connectivity index (χ0) is 15.4. The van der Waals surface area contributed by atoms with Crippen LogP contribution in [0.4, 0.5) is 0 Å². The van der Waals surface area contributed by atoms with E-state index in [1.165, 1.54) is 38.5 Å². The molecule has 0 saturated heterocycles. The average Bonchev–Trinajstić information content (AvgIpc) is 2.39. The molecule has 0 heterocycles. The van der Waals surface area contributed by atoms with E-state index in [1.807, 2.05) is 0 Å². The van der Waals surface area contributed by atoms with Crippen molar-refractivity contribution >= 4 is 5.97 Å². The van der Waals surface area contributed by atoms with Crippen LogP contribution in [0.1, 0.15) is 85.0 Å². The smallest absolute Gasteiger partial charge is 0.310 e. The third kappa shape index (κ3) is 7.88. The molecular weight excluding hydrogens is 250 g/mol. The van der Waals surface area contributed by atoms with Crippen molar-refractivity contribution in [3.63, 3.8) is 0 Å². The lowest BCUT2D eigenvalue weighted by atomic mass is 9.76. The minimum absolute atomic E-state index is 0.261. The van der Waals surface area contributed by atoms with Crippen LogP contribution in [0.15, 0.2) is 0 Å². The molecule has 0 aliphatic rings. The van der Waals surface area contributed by atoms with Crippen LogP contribution in [0.3, 0.4) is 0 Å².